The van der Waals surface area contributed by atoms with E-state index in [0.29, 0.717) is 5.92 Å². The number of hydrogen-bond donors (Lipinski definition) is 0. The lowest BCUT2D eigenvalue weighted by Crippen LogP contribution is -2.04. The van der Waals surface area contributed by atoms with Gasteiger partial charge in [-0.2, -0.15) is 0 Å². The summed E-state index contributed by atoms with van der Waals surface area (Å²) in [6.45, 7) is 7.09. The van der Waals surface area contributed by atoms with Crippen molar-refractivity contribution < 1.29 is 0 Å². The van der Waals surface area contributed by atoms with Gasteiger partial charge in [0.15, 0.2) is 0 Å². The van der Waals surface area contributed by atoms with Gasteiger partial charge in [-0.05, 0) is 157 Å². The molecule has 0 N–H and O–H groups in total. The van der Waals surface area contributed by atoms with Gasteiger partial charge in [0.2, 0.25) is 0 Å². The van der Waals surface area contributed by atoms with Gasteiger partial charge in [-0.1, -0.05) is 203 Å². The molecule has 0 bridgehead atoms. The first-order valence-corrected chi connectivity index (χ1v) is 22.6. The van der Waals surface area contributed by atoms with E-state index in [0.717, 1.165) is 12.8 Å². The van der Waals surface area contributed by atoms with Crippen molar-refractivity contribution in [1.82, 2.24) is 0 Å². The summed E-state index contributed by atoms with van der Waals surface area (Å²) in [6, 6.07) is 64.5. The minimum absolute atomic E-state index is 0.604. The maximum absolute atomic E-state index is 2.48. The van der Waals surface area contributed by atoms with E-state index in [9.17, 15) is 0 Å². The fourth-order valence-corrected chi connectivity index (χ4v) is 11.4. The van der Waals surface area contributed by atoms with Crippen molar-refractivity contribution in [3.63, 3.8) is 0 Å². The molecule has 0 aromatic heterocycles. The summed E-state index contributed by atoms with van der Waals surface area (Å²) in [6.07, 6.45) is 5.73. The molecule has 292 valence electrons. The van der Waals surface area contributed by atoms with E-state index in [-0.39, 0.29) is 0 Å². The second kappa shape index (κ2) is 14.2. The Morgan fingerprint density at radius 2 is 0.754 bits per heavy atom. The van der Waals surface area contributed by atoms with E-state index in [1.165, 1.54) is 151 Å². The summed E-state index contributed by atoms with van der Waals surface area (Å²) in [4.78, 5) is 0. The second-order valence-corrected chi connectivity index (χ2v) is 17.6. The van der Waals surface area contributed by atoms with Gasteiger partial charge < -0.3 is 0 Å². The minimum Gasteiger partial charge on any atom is -0.0654 e. The zero-order valence-electron chi connectivity index (χ0n) is 35.3. The summed E-state index contributed by atoms with van der Waals surface area (Å²) < 4.78 is 0. The van der Waals surface area contributed by atoms with E-state index in [2.05, 4.69) is 191 Å². The topological polar surface area (TPSA) is 0 Å². The smallest absolute Gasteiger partial charge is 0.000741 e. The number of rotatable bonds is 9. The van der Waals surface area contributed by atoms with Crippen molar-refractivity contribution in [3.8, 4) is 77.9 Å². The molecule has 0 heterocycles. The fraction of sp³-hybridized carbons (Fsp3) is 0.148. The molecule has 0 spiro atoms. The minimum atomic E-state index is 0.604. The normalized spacial score (nSPS) is 12.8. The zero-order valence-corrected chi connectivity index (χ0v) is 35.3. The standard InChI is InChI=1S/C61H48/c1-4-6-23-46-40-24-13-14-25-41(40)53(36-37(3)5-2)59-51-34-32-42(44-28-17-30-49(56(44)51)58(46)59)43-33-35-52-57-45(43)29-18-31-50(57)60-54(38-19-9-7-10-20-38)47-26-15-16-27-48(47)55(61(52)60)39-21-11-8-12-22-39/h7-22,24-35,37H,4-6,23,36H2,1-3H3. The van der Waals surface area contributed by atoms with E-state index in [1.807, 2.05) is 0 Å². The van der Waals surface area contributed by atoms with Crippen LogP contribution < -0.4 is 0 Å². The lowest BCUT2D eigenvalue weighted by atomic mass is 9.82. The van der Waals surface area contributed by atoms with Crippen LogP contribution in [0.1, 0.15) is 51.2 Å². The molecule has 0 amide bonds. The largest absolute Gasteiger partial charge is 0.0654 e. The van der Waals surface area contributed by atoms with Crippen molar-refractivity contribution in [3.05, 3.63) is 181 Å². The molecule has 10 aromatic carbocycles. The molecule has 12 rings (SSSR count). The third-order valence-electron chi connectivity index (χ3n) is 14.3. The predicted octanol–water partition coefficient (Wildman–Crippen LogP) is 17.5. The monoisotopic (exact) mass is 780 g/mol. The van der Waals surface area contributed by atoms with Crippen molar-refractivity contribution in [2.45, 2.75) is 52.9 Å². The summed E-state index contributed by atoms with van der Waals surface area (Å²) in [5.74, 6) is 0.604. The highest BCUT2D eigenvalue weighted by Gasteiger charge is 2.33. The average Bonchev–Trinajstić information content (AvgIpc) is 3.83. The SMILES string of the molecule is CCCCc1c2c(c(CC(C)CC)c3ccccc13)-c1ccc(-c3ccc4c5c(cccc35)-c3c-4c(-c4ccccc4)c4ccccc4c3-c3ccccc3)c3cccc-2c13. The molecule has 0 nitrogen and oxygen atoms in total. The summed E-state index contributed by atoms with van der Waals surface area (Å²) in [5.41, 5.74) is 22.0. The van der Waals surface area contributed by atoms with Crippen LogP contribution in [0.15, 0.2) is 170 Å². The predicted molar refractivity (Wildman–Crippen MR) is 263 cm³/mol. The van der Waals surface area contributed by atoms with E-state index in [1.54, 1.807) is 0 Å². The Labute approximate surface area is 359 Å². The van der Waals surface area contributed by atoms with Gasteiger partial charge in [-0.15, -0.1) is 0 Å². The van der Waals surface area contributed by atoms with Gasteiger partial charge in [0.1, 0.15) is 0 Å². The number of aryl methyl sites for hydroxylation is 1. The van der Waals surface area contributed by atoms with E-state index in [4.69, 9.17) is 0 Å². The molecule has 0 heteroatoms. The first-order chi connectivity index (χ1) is 30.2. The van der Waals surface area contributed by atoms with Crippen LogP contribution in [0, 0.1) is 5.92 Å². The highest BCUT2D eigenvalue weighted by molar-refractivity contribution is 6.30. The van der Waals surface area contributed by atoms with Crippen molar-refractivity contribution >= 4 is 43.1 Å². The van der Waals surface area contributed by atoms with Gasteiger partial charge in [-0.25, -0.2) is 0 Å². The third kappa shape index (κ3) is 5.25. The Morgan fingerprint density at radius 3 is 1.28 bits per heavy atom. The van der Waals surface area contributed by atoms with Crippen molar-refractivity contribution in [2.24, 2.45) is 5.92 Å². The number of hydrogen-bond acceptors (Lipinski definition) is 0. The molecule has 0 saturated heterocycles. The number of benzene rings is 10. The van der Waals surface area contributed by atoms with Crippen LogP contribution in [0.4, 0.5) is 0 Å². The van der Waals surface area contributed by atoms with Crippen molar-refractivity contribution in [1.29, 1.82) is 0 Å². The van der Waals surface area contributed by atoms with Crippen LogP contribution in [0.3, 0.4) is 0 Å². The Balaban J connectivity index is 1.14. The van der Waals surface area contributed by atoms with E-state index < -0.39 is 0 Å². The zero-order chi connectivity index (χ0) is 40.8. The molecule has 61 heavy (non-hydrogen) atoms. The first-order valence-electron chi connectivity index (χ1n) is 22.6. The summed E-state index contributed by atoms with van der Waals surface area (Å²) in [7, 11) is 0. The summed E-state index contributed by atoms with van der Waals surface area (Å²) >= 11 is 0. The lowest BCUT2D eigenvalue weighted by Gasteiger charge is -2.21. The van der Waals surface area contributed by atoms with E-state index >= 15 is 0 Å². The second-order valence-electron chi connectivity index (χ2n) is 17.6. The molecule has 1 unspecified atom stereocenters. The molecule has 2 aliphatic carbocycles. The lowest BCUT2D eigenvalue weighted by molar-refractivity contribution is 0.563. The third-order valence-corrected chi connectivity index (χ3v) is 14.3. The van der Waals surface area contributed by atoms with Crippen LogP contribution in [-0.2, 0) is 12.8 Å². The summed E-state index contributed by atoms with van der Waals surface area (Å²) in [5, 5.41) is 10.9. The van der Waals surface area contributed by atoms with Gasteiger partial charge in [0.25, 0.3) is 0 Å². The van der Waals surface area contributed by atoms with Gasteiger partial charge >= 0.3 is 0 Å². The van der Waals surface area contributed by atoms with Crippen LogP contribution in [0.2, 0.25) is 0 Å². The fourth-order valence-electron chi connectivity index (χ4n) is 11.4. The highest BCUT2D eigenvalue weighted by Crippen LogP contribution is 2.60. The molecule has 0 fully saturated rings. The molecule has 1 atom stereocenters. The molecule has 0 radical (unpaired) electrons. The van der Waals surface area contributed by atoms with Gasteiger partial charge in [0, 0.05) is 0 Å². The molecule has 10 aromatic rings. The maximum Gasteiger partial charge on any atom is -0.000741 e. The average molecular weight is 781 g/mol. The van der Waals surface area contributed by atoms with Gasteiger partial charge in [0.05, 0.1) is 0 Å². The molecular formula is C61H48. The van der Waals surface area contributed by atoms with Crippen LogP contribution in [0.25, 0.3) is 121 Å². The van der Waals surface area contributed by atoms with Crippen LogP contribution in [0.5, 0.6) is 0 Å². The first kappa shape index (κ1) is 36.1. The van der Waals surface area contributed by atoms with Gasteiger partial charge in [-0.3, -0.25) is 0 Å². The molecule has 2 aliphatic rings. The van der Waals surface area contributed by atoms with Crippen molar-refractivity contribution in [2.75, 3.05) is 0 Å². The van der Waals surface area contributed by atoms with Crippen LogP contribution >= 0.6 is 0 Å². The Bertz CT molecular complexity index is 3310. The highest BCUT2D eigenvalue weighted by atomic mass is 14.4. The number of unbranched alkanes of at least 4 members (excludes halogenated alkanes) is 1. The number of fused-ring (bicyclic) bond motifs is 8. The Kier molecular flexibility index (Phi) is 8.39. The molecular weight excluding hydrogens is 733 g/mol. The molecule has 0 aliphatic heterocycles. The van der Waals surface area contributed by atoms with Crippen LogP contribution in [-0.4, -0.2) is 0 Å². The Hall–Kier alpha value is -6.76. The maximum atomic E-state index is 2.48. The quantitative estimate of drug-likeness (QED) is 0.137. The molecule has 0 saturated carbocycles. The Morgan fingerprint density at radius 1 is 0.344 bits per heavy atom.